The second-order valence-electron chi connectivity index (χ2n) is 6.87. The minimum Gasteiger partial charge on any atom is -0.381 e. The first-order chi connectivity index (χ1) is 12.6. The van der Waals surface area contributed by atoms with E-state index in [2.05, 4.69) is 10.2 Å². The lowest BCUT2D eigenvalue weighted by atomic mass is 10.0. The number of carbonyl (C=O) groups excluding carboxylic acids is 2. The highest BCUT2D eigenvalue weighted by atomic mass is 16.5. The number of ether oxygens (including phenoxy) is 1. The summed E-state index contributed by atoms with van der Waals surface area (Å²) in [6.45, 7) is 4.39. The van der Waals surface area contributed by atoms with Crippen molar-refractivity contribution in [3.63, 3.8) is 0 Å². The summed E-state index contributed by atoms with van der Waals surface area (Å²) in [5, 5.41) is 6.99. The van der Waals surface area contributed by atoms with Crippen LogP contribution in [-0.2, 0) is 9.53 Å². The minimum atomic E-state index is -0.141. The first kappa shape index (κ1) is 16.8. The summed E-state index contributed by atoms with van der Waals surface area (Å²) in [5.74, 6) is -0.0405. The molecule has 136 valence electrons. The Morgan fingerprint density at radius 2 is 2.08 bits per heavy atom. The molecule has 7 nitrogen and oxygen atoms in total. The molecule has 7 heteroatoms. The molecule has 2 aromatic rings. The highest BCUT2D eigenvalue weighted by Crippen LogP contribution is 2.27. The summed E-state index contributed by atoms with van der Waals surface area (Å²) >= 11 is 0. The quantitative estimate of drug-likeness (QED) is 0.910. The topological polar surface area (TPSA) is 78.5 Å². The van der Waals surface area contributed by atoms with E-state index < -0.39 is 0 Å². The smallest absolute Gasteiger partial charge is 0.257 e. The highest BCUT2D eigenvalue weighted by molar-refractivity contribution is 6.02. The molecule has 2 aliphatic heterocycles. The van der Waals surface area contributed by atoms with Crippen molar-refractivity contribution in [2.24, 2.45) is 0 Å². The maximum Gasteiger partial charge on any atom is 0.257 e. The molecule has 2 aliphatic rings. The van der Waals surface area contributed by atoms with Gasteiger partial charge in [-0.15, -0.1) is 0 Å². The number of anilines is 1. The van der Waals surface area contributed by atoms with Crippen LogP contribution in [0.3, 0.4) is 0 Å². The number of H-pyrrole nitrogens is 1. The van der Waals surface area contributed by atoms with Crippen molar-refractivity contribution in [2.45, 2.75) is 19.3 Å². The second-order valence-corrected chi connectivity index (χ2v) is 6.87. The molecule has 0 bridgehead atoms. The van der Waals surface area contributed by atoms with Crippen LogP contribution in [-0.4, -0.2) is 59.8 Å². The van der Waals surface area contributed by atoms with Gasteiger partial charge < -0.3 is 14.5 Å². The standard InChI is InChI=1S/C19H22N4O3/c1-13-2-4-15(5-3-13)23-8-7-22(11-17(23)24)19(25)16-10-20-21-18(16)14-6-9-26-12-14/h2-5,10,14H,6-9,11-12H2,1H3,(H,20,21). The number of aromatic nitrogens is 2. The number of hydrogen-bond acceptors (Lipinski definition) is 4. The number of aromatic amines is 1. The average Bonchev–Trinajstić information content (AvgIpc) is 3.33. The maximum absolute atomic E-state index is 12.9. The predicted molar refractivity (Wildman–Crippen MR) is 96.2 cm³/mol. The molecule has 0 aliphatic carbocycles. The summed E-state index contributed by atoms with van der Waals surface area (Å²) in [5.41, 5.74) is 3.40. The monoisotopic (exact) mass is 354 g/mol. The molecule has 0 radical (unpaired) electrons. The Bertz CT molecular complexity index is 808. The van der Waals surface area contributed by atoms with E-state index in [1.54, 1.807) is 16.0 Å². The predicted octanol–water partition coefficient (Wildman–Crippen LogP) is 1.71. The average molecular weight is 354 g/mol. The van der Waals surface area contributed by atoms with Crippen molar-refractivity contribution in [1.29, 1.82) is 0 Å². The molecule has 1 aromatic carbocycles. The maximum atomic E-state index is 12.9. The fraction of sp³-hybridized carbons (Fsp3) is 0.421. The molecule has 1 aromatic heterocycles. The number of rotatable bonds is 3. The zero-order chi connectivity index (χ0) is 18.1. The fourth-order valence-corrected chi connectivity index (χ4v) is 3.55. The number of benzene rings is 1. The highest BCUT2D eigenvalue weighted by Gasteiger charge is 2.32. The van der Waals surface area contributed by atoms with Gasteiger partial charge in [-0.3, -0.25) is 14.7 Å². The van der Waals surface area contributed by atoms with E-state index in [9.17, 15) is 9.59 Å². The van der Waals surface area contributed by atoms with Gasteiger partial charge in [0.1, 0.15) is 6.54 Å². The van der Waals surface area contributed by atoms with Crippen molar-refractivity contribution in [1.82, 2.24) is 15.1 Å². The summed E-state index contributed by atoms with van der Waals surface area (Å²) in [6.07, 6.45) is 2.44. The first-order valence-electron chi connectivity index (χ1n) is 8.91. The first-order valence-corrected chi connectivity index (χ1v) is 8.91. The SMILES string of the molecule is Cc1ccc(N2CCN(C(=O)c3cn[nH]c3C3CCOC3)CC2=O)cc1. The van der Waals surface area contributed by atoms with Crippen LogP contribution in [0.4, 0.5) is 5.69 Å². The molecule has 1 atom stereocenters. The zero-order valence-corrected chi connectivity index (χ0v) is 14.8. The van der Waals surface area contributed by atoms with Crippen molar-refractivity contribution in [3.8, 4) is 0 Å². The van der Waals surface area contributed by atoms with Gasteiger partial charge in [0.2, 0.25) is 5.91 Å². The van der Waals surface area contributed by atoms with Crippen LogP contribution >= 0.6 is 0 Å². The van der Waals surface area contributed by atoms with Crippen molar-refractivity contribution >= 4 is 17.5 Å². The van der Waals surface area contributed by atoms with E-state index in [0.717, 1.165) is 23.4 Å². The van der Waals surface area contributed by atoms with Crippen LogP contribution in [0.5, 0.6) is 0 Å². The number of hydrogen-bond donors (Lipinski definition) is 1. The molecular weight excluding hydrogens is 332 g/mol. The van der Waals surface area contributed by atoms with Gasteiger partial charge in [0, 0.05) is 31.3 Å². The number of aryl methyl sites for hydroxylation is 1. The lowest BCUT2D eigenvalue weighted by molar-refractivity contribution is -0.120. The Balaban J connectivity index is 1.47. The molecule has 2 fully saturated rings. The van der Waals surface area contributed by atoms with Crippen molar-refractivity contribution in [2.75, 3.05) is 37.7 Å². The largest absolute Gasteiger partial charge is 0.381 e. The Morgan fingerprint density at radius 1 is 1.27 bits per heavy atom. The molecule has 0 saturated carbocycles. The van der Waals surface area contributed by atoms with Gasteiger partial charge in [-0.05, 0) is 25.5 Å². The number of piperazine rings is 1. The van der Waals surface area contributed by atoms with Crippen LogP contribution in [0.2, 0.25) is 0 Å². The van der Waals surface area contributed by atoms with E-state index in [1.807, 2.05) is 31.2 Å². The molecule has 4 rings (SSSR count). The number of nitrogens with zero attached hydrogens (tertiary/aromatic N) is 3. The van der Waals surface area contributed by atoms with E-state index in [1.165, 1.54) is 0 Å². The van der Waals surface area contributed by atoms with Gasteiger partial charge in [-0.25, -0.2) is 0 Å². The second kappa shape index (κ2) is 6.92. The number of nitrogens with one attached hydrogen (secondary N) is 1. The third-order valence-corrected chi connectivity index (χ3v) is 5.09. The zero-order valence-electron chi connectivity index (χ0n) is 14.8. The normalized spacial score (nSPS) is 20.7. The molecular formula is C19H22N4O3. The Hall–Kier alpha value is -2.67. The van der Waals surface area contributed by atoms with Crippen LogP contribution in [0.25, 0.3) is 0 Å². The van der Waals surface area contributed by atoms with Crippen LogP contribution in [0.15, 0.2) is 30.5 Å². The van der Waals surface area contributed by atoms with Gasteiger partial charge in [-0.2, -0.15) is 5.10 Å². The summed E-state index contributed by atoms with van der Waals surface area (Å²) in [6, 6.07) is 7.86. The van der Waals surface area contributed by atoms with E-state index >= 15 is 0 Å². The fourth-order valence-electron chi connectivity index (χ4n) is 3.55. The van der Waals surface area contributed by atoms with Crippen molar-refractivity contribution < 1.29 is 14.3 Å². The lowest BCUT2D eigenvalue weighted by Gasteiger charge is -2.34. The molecule has 3 heterocycles. The van der Waals surface area contributed by atoms with E-state index in [4.69, 9.17) is 4.74 Å². The molecule has 1 unspecified atom stereocenters. The Kier molecular flexibility index (Phi) is 4.46. The Labute approximate surface area is 151 Å². The summed E-state index contributed by atoms with van der Waals surface area (Å²) < 4.78 is 5.42. The molecule has 2 amide bonds. The summed E-state index contributed by atoms with van der Waals surface area (Å²) in [7, 11) is 0. The number of amides is 2. The van der Waals surface area contributed by atoms with Gasteiger partial charge in [0.15, 0.2) is 0 Å². The Morgan fingerprint density at radius 3 is 2.77 bits per heavy atom. The van der Waals surface area contributed by atoms with Crippen LogP contribution in [0.1, 0.15) is 34.0 Å². The third kappa shape index (κ3) is 3.10. The van der Waals surface area contributed by atoms with E-state index in [0.29, 0.717) is 31.9 Å². The van der Waals surface area contributed by atoms with E-state index in [-0.39, 0.29) is 24.3 Å². The molecule has 0 spiro atoms. The molecule has 2 saturated heterocycles. The van der Waals surface area contributed by atoms with Gasteiger partial charge in [-0.1, -0.05) is 17.7 Å². The number of carbonyl (C=O) groups is 2. The minimum absolute atomic E-state index is 0.0669. The van der Waals surface area contributed by atoms with Gasteiger partial charge in [0.25, 0.3) is 5.91 Å². The van der Waals surface area contributed by atoms with Crippen LogP contribution in [0, 0.1) is 6.92 Å². The van der Waals surface area contributed by atoms with Gasteiger partial charge in [0.05, 0.1) is 24.1 Å². The lowest BCUT2D eigenvalue weighted by Crippen LogP contribution is -2.52. The summed E-state index contributed by atoms with van der Waals surface area (Å²) in [4.78, 5) is 28.9. The molecule has 26 heavy (non-hydrogen) atoms. The van der Waals surface area contributed by atoms with Crippen LogP contribution < -0.4 is 4.90 Å². The molecule has 1 N–H and O–H groups in total. The van der Waals surface area contributed by atoms with Crippen molar-refractivity contribution in [3.05, 3.63) is 47.3 Å². The van der Waals surface area contributed by atoms with Gasteiger partial charge >= 0.3 is 0 Å². The third-order valence-electron chi connectivity index (χ3n) is 5.09.